The summed E-state index contributed by atoms with van der Waals surface area (Å²) in [7, 11) is 0. The first kappa shape index (κ1) is 13.0. The molecule has 0 aliphatic rings. The number of aromatic nitrogens is 1. The van der Waals surface area contributed by atoms with Gasteiger partial charge in [-0.15, -0.1) is 0 Å². The predicted molar refractivity (Wildman–Crippen MR) is 72.1 cm³/mol. The van der Waals surface area contributed by atoms with Gasteiger partial charge in [0.05, 0.1) is 5.69 Å². The minimum Gasteiger partial charge on any atom is -0.477 e. The van der Waals surface area contributed by atoms with Crippen LogP contribution >= 0.6 is 11.3 Å². The van der Waals surface area contributed by atoms with Gasteiger partial charge in [0.15, 0.2) is 5.13 Å². The fourth-order valence-electron chi connectivity index (χ4n) is 1.52. The van der Waals surface area contributed by atoms with Crippen molar-refractivity contribution in [2.24, 2.45) is 5.73 Å². The molecular formula is C12H11N3O3S. The number of anilines is 2. The third-order valence-electron chi connectivity index (χ3n) is 2.39. The zero-order valence-electron chi connectivity index (χ0n) is 10.0. The molecule has 4 N–H and O–H groups in total. The Bertz CT molecular complexity index is 651. The molecule has 1 heterocycles. The lowest BCUT2D eigenvalue weighted by Gasteiger charge is -2.03. The molecule has 0 aliphatic carbocycles. The van der Waals surface area contributed by atoms with Gasteiger partial charge in [-0.2, -0.15) is 0 Å². The molecule has 0 bridgehead atoms. The first-order valence-electron chi connectivity index (χ1n) is 5.35. The van der Waals surface area contributed by atoms with E-state index in [0.717, 1.165) is 11.3 Å². The summed E-state index contributed by atoms with van der Waals surface area (Å²) in [6.07, 6.45) is 0. The Morgan fingerprint density at radius 2 is 2.16 bits per heavy atom. The average Bonchev–Trinajstić information content (AvgIpc) is 2.70. The molecule has 2 aromatic rings. The molecular weight excluding hydrogens is 266 g/mol. The minimum absolute atomic E-state index is 0.188. The van der Waals surface area contributed by atoms with Crippen molar-refractivity contribution >= 4 is 34.0 Å². The summed E-state index contributed by atoms with van der Waals surface area (Å²) in [6.45, 7) is 1.63. The third kappa shape index (κ3) is 2.89. The van der Waals surface area contributed by atoms with E-state index >= 15 is 0 Å². The first-order valence-corrected chi connectivity index (χ1v) is 6.16. The van der Waals surface area contributed by atoms with E-state index in [-0.39, 0.29) is 4.88 Å². The Labute approximate surface area is 112 Å². The molecule has 2 rings (SSSR count). The summed E-state index contributed by atoms with van der Waals surface area (Å²) in [5.41, 5.74) is 6.64. The molecule has 7 heteroatoms. The second-order valence-electron chi connectivity index (χ2n) is 3.81. The van der Waals surface area contributed by atoms with Crippen LogP contribution in [0.1, 0.15) is 25.7 Å². The van der Waals surface area contributed by atoms with Crippen LogP contribution in [0.2, 0.25) is 0 Å². The number of aryl methyl sites for hydroxylation is 1. The molecule has 98 valence electrons. The van der Waals surface area contributed by atoms with Gasteiger partial charge in [-0.05, 0) is 25.1 Å². The summed E-state index contributed by atoms with van der Waals surface area (Å²) in [4.78, 5) is 26.3. The molecule has 0 radical (unpaired) electrons. The summed E-state index contributed by atoms with van der Waals surface area (Å²) in [5, 5.41) is 12.4. The lowest BCUT2D eigenvalue weighted by Crippen LogP contribution is -2.10. The van der Waals surface area contributed by atoms with Crippen LogP contribution in [0.15, 0.2) is 24.3 Å². The van der Waals surface area contributed by atoms with E-state index in [4.69, 9.17) is 10.8 Å². The number of benzene rings is 1. The maximum absolute atomic E-state index is 11.1. The van der Waals surface area contributed by atoms with E-state index in [9.17, 15) is 9.59 Å². The smallest absolute Gasteiger partial charge is 0.347 e. The van der Waals surface area contributed by atoms with Crippen molar-refractivity contribution in [1.82, 2.24) is 4.98 Å². The zero-order chi connectivity index (χ0) is 14.0. The number of carboxylic acid groups (broad SMARTS) is 1. The van der Waals surface area contributed by atoms with Gasteiger partial charge in [-0.1, -0.05) is 17.4 Å². The van der Waals surface area contributed by atoms with Crippen LogP contribution in [0.5, 0.6) is 0 Å². The van der Waals surface area contributed by atoms with Gasteiger partial charge in [0.2, 0.25) is 5.91 Å². The van der Waals surface area contributed by atoms with Crippen molar-refractivity contribution in [2.45, 2.75) is 6.92 Å². The number of hydrogen-bond acceptors (Lipinski definition) is 5. The lowest BCUT2D eigenvalue weighted by atomic mass is 10.2. The van der Waals surface area contributed by atoms with Crippen molar-refractivity contribution in [3.05, 3.63) is 40.4 Å². The van der Waals surface area contributed by atoms with Gasteiger partial charge < -0.3 is 16.2 Å². The van der Waals surface area contributed by atoms with Crippen LogP contribution < -0.4 is 11.1 Å². The van der Waals surface area contributed by atoms with E-state index in [0.29, 0.717) is 22.1 Å². The highest BCUT2D eigenvalue weighted by atomic mass is 32.1. The number of carboxylic acids is 1. The van der Waals surface area contributed by atoms with Gasteiger partial charge in [-0.25, -0.2) is 9.78 Å². The van der Waals surface area contributed by atoms with Crippen molar-refractivity contribution < 1.29 is 14.7 Å². The highest BCUT2D eigenvalue weighted by molar-refractivity contribution is 7.17. The fraction of sp³-hybridized carbons (Fsp3) is 0.0833. The number of hydrogen-bond donors (Lipinski definition) is 3. The van der Waals surface area contributed by atoms with Crippen LogP contribution in [-0.4, -0.2) is 22.0 Å². The van der Waals surface area contributed by atoms with E-state index in [1.54, 1.807) is 31.2 Å². The molecule has 0 saturated heterocycles. The van der Waals surface area contributed by atoms with Crippen LogP contribution in [0.4, 0.5) is 10.8 Å². The maximum Gasteiger partial charge on any atom is 0.347 e. The Hall–Kier alpha value is -2.41. The van der Waals surface area contributed by atoms with Crippen molar-refractivity contribution in [1.29, 1.82) is 0 Å². The fourth-order valence-corrected chi connectivity index (χ4v) is 2.35. The topological polar surface area (TPSA) is 105 Å². The lowest BCUT2D eigenvalue weighted by molar-refractivity contribution is 0.0701. The molecule has 19 heavy (non-hydrogen) atoms. The molecule has 0 unspecified atom stereocenters. The highest BCUT2D eigenvalue weighted by Gasteiger charge is 2.14. The van der Waals surface area contributed by atoms with E-state index < -0.39 is 11.9 Å². The van der Waals surface area contributed by atoms with E-state index in [2.05, 4.69) is 10.3 Å². The van der Waals surface area contributed by atoms with Gasteiger partial charge >= 0.3 is 5.97 Å². The van der Waals surface area contributed by atoms with Gasteiger partial charge in [0.25, 0.3) is 0 Å². The van der Waals surface area contributed by atoms with Crippen LogP contribution in [0, 0.1) is 6.92 Å². The van der Waals surface area contributed by atoms with Gasteiger partial charge in [0, 0.05) is 11.3 Å². The number of amides is 1. The summed E-state index contributed by atoms with van der Waals surface area (Å²) < 4.78 is 0. The molecule has 1 aromatic heterocycles. The Kier molecular flexibility index (Phi) is 3.48. The Morgan fingerprint density at radius 1 is 1.42 bits per heavy atom. The molecule has 1 aromatic carbocycles. The molecule has 0 spiro atoms. The highest BCUT2D eigenvalue weighted by Crippen LogP contribution is 2.26. The van der Waals surface area contributed by atoms with Crippen LogP contribution in [0.25, 0.3) is 0 Å². The standard InChI is InChI=1S/C12H11N3O3S/c1-6-9(11(17)18)19-12(14-6)15-8-4-2-3-7(5-8)10(13)16/h2-5H,1H3,(H2,13,16)(H,14,15)(H,17,18). The molecule has 0 fully saturated rings. The quantitative estimate of drug-likeness (QED) is 0.792. The number of carbonyl (C=O) groups excluding carboxylic acids is 1. The van der Waals surface area contributed by atoms with E-state index in [1.807, 2.05) is 0 Å². The number of nitrogens with zero attached hydrogens (tertiary/aromatic N) is 1. The number of nitrogens with two attached hydrogens (primary N) is 1. The molecule has 0 aliphatic heterocycles. The second-order valence-corrected chi connectivity index (χ2v) is 4.81. The SMILES string of the molecule is Cc1nc(Nc2cccc(C(N)=O)c2)sc1C(=O)O. The van der Waals surface area contributed by atoms with Crippen LogP contribution in [0.3, 0.4) is 0 Å². The summed E-state index contributed by atoms with van der Waals surface area (Å²) in [5.74, 6) is -1.53. The van der Waals surface area contributed by atoms with Crippen molar-refractivity contribution in [3.8, 4) is 0 Å². The summed E-state index contributed by atoms with van der Waals surface area (Å²) >= 11 is 1.04. The van der Waals surface area contributed by atoms with E-state index in [1.165, 1.54) is 0 Å². The van der Waals surface area contributed by atoms with Gasteiger partial charge in [-0.3, -0.25) is 4.79 Å². The Morgan fingerprint density at radius 3 is 2.74 bits per heavy atom. The minimum atomic E-state index is -1.01. The number of primary amides is 1. The number of thiazole rings is 1. The number of aromatic carboxylic acids is 1. The number of rotatable bonds is 4. The largest absolute Gasteiger partial charge is 0.477 e. The van der Waals surface area contributed by atoms with Crippen molar-refractivity contribution in [2.75, 3.05) is 5.32 Å². The molecule has 0 saturated carbocycles. The molecule has 0 atom stereocenters. The Balaban J connectivity index is 2.26. The van der Waals surface area contributed by atoms with Crippen LogP contribution in [-0.2, 0) is 0 Å². The number of carbonyl (C=O) groups is 2. The zero-order valence-corrected chi connectivity index (χ0v) is 10.8. The normalized spacial score (nSPS) is 10.2. The number of nitrogens with one attached hydrogen (secondary N) is 1. The monoisotopic (exact) mass is 277 g/mol. The van der Waals surface area contributed by atoms with Gasteiger partial charge in [0.1, 0.15) is 4.88 Å². The second kappa shape index (κ2) is 5.07. The average molecular weight is 277 g/mol. The molecule has 1 amide bonds. The molecule has 6 nitrogen and oxygen atoms in total. The summed E-state index contributed by atoms with van der Waals surface area (Å²) in [6, 6.07) is 6.60. The maximum atomic E-state index is 11.1. The third-order valence-corrected chi connectivity index (χ3v) is 3.45. The predicted octanol–water partition coefficient (Wildman–Crippen LogP) is 1.99. The first-order chi connectivity index (χ1) is 8.97. The van der Waals surface area contributed by atoms with Crippen molar-refractivity contribution in [3.63, 3.8) is 0 Å².